The van der Waals surface area contributed by atoms with E-state index in [1.54, 1.807) is 0 Å². The average Bonchev–Trinajstić information content (AvgIpc) is 2.79. The fourth-order valence-corrected chi connectivity index (χ4v) is 2.65. The molecule has 2 rings (SSSR count). The van der Waals surface area contributed by atoms with Crippen LogP contribution >= 0.6 is 0 Å². The lowest BCUT2D eigenvalue weighted by molar-refractivity contribution is 0.0603. The van der Waals surface area contributed by atoms with E-state index in [-0.39, 0.29) is 5.91 Å². The van der Waals surface area contributed by atoms with Crippen LogP contribution in [0.25, 0.3) is 0 Å². The molecule has 1 unspecified atom stereocenters. The fourth-order valence-electron chi connectivity index (χ4n) is 2.65. The van der Waals surface area contributed by atoms with Gasteiger partial charge in [-0.25, -0.2) is 0 Å². The molecule has 0 bridgehead atoms. The number of amides is 1. The van der Waals surface area contributed by atoms with Crippen molar-refractivity contribution in [3.05, 3.63) is 11.4 Å². The Bertz CT molecular complexity index is 427. The van der Waals surface area contributed by atoms with Crippen LogP contribution in [0.3, 0.4) is 0 Å². The molecule has 1 amide bonds. The van der Waals surface area contributed by atoms with Gasteiger partial charge < -0.3 is 10.6 Å². The van der Waals surface area contributed by atoms with Gasteiger partial charge in [-0.15, -0.1) is 0 Å². The van der Waals surface area contributed by atoms with E-state index < -0.39 is 0 Å². The van der Waals surface area contributed by atoms with Crippen LogP contribution in [-0.2, 0) is 6.42 Å². The third-order valence-corrected chi connectivity index (χ3v) is 3.80. The Hall–Kier alpha value is -1.52. The van der Waals surface area contributed by atoms with E-state index in [1.807, 2.05) is 11.8 Å². The number of carbonyl (C=O) groups is 1. The van der Waals surface area contributed by atoms with Gasteiger partial charge in [0.15, 0.2) is 5.69 Å². The number of carbonyl (C=O) groups excluding carboxylic acids is 1. The zero-order chi connectivity index (χ0) is 13.1. The Labute approximate surface area is 108 Å². The number of anilines is 1. The van der Waals surface area contributed by atoms with E-state index in [9.17, 15) is 4.79 Å². The number of hydrogen-bond acceptors (Lipinski definition) is 3. The molecular formula is C13H22N4O. The minimum Gasteiger partial charge on any atom is -0.395 e. The first-order chi connectivity index (χ1) is 8.69. The zero-order valence-electron chi connectivity index (χ0n) is 11.2. The summed E-state index contributed by atoms with van der Waals surface area (Å²) in [6, 6.07) is 0.340. The van der Waals surface area contributed by atoms with Crippen molar-refractivity contribution < 1.29 is 4.79 Å². The Morgan fingerprint density at radius 2 is 2.28 bits per heavy atom. The van der Waals surface area contributed by atoms with Gasteiger partial charge in [0.2, 0.25) is 0 Å². The van der Waals surface area contributed by atoms with E-state index in [2.05, 4.69) is 17.1 Å². The zero-order valence-corrected chi connectivity index (χ0v) is 11.2. The van der Waals surface area contributed by atoms with Crippen LogP contribution in [-0.4, -0.2) is 33.6 Å². The van der Waals surface area contributed by atoms with Crippen LogP contribution in [0.15, 0.2) is 0 Å². The van der Waals surface area contributed by atoms with Gasteiger partial charge in [-0.05, 0) is 32.1 Å². The maximum absolute atomic E-state index is 12.5. The molecule has 5 nitrogen and oxygen atoms in total. The highest BCUT2D eigenvalue weighted by Crippen LogP contribution is 2.24. The molecule has 0 radical (unpaired) electrons. The first kappa shape index (κ1) is 12.9. The standard InChI is InChI=1S/C13H22N4O/c1-3-9-7-5-6-8-17(9)13(18)12-11(14)10(4-2)15-16-12/h9H,3-8,14H2,1-2H3,(H,15,16). The largest absolute Gasteiger partial charge is 0.395 e. The molecule has 1 saturated heterocycles. The number of piperidine rings is 1. The highest BCUT2D eigenvalue weighted by molar-refractivity contribution is 5.97. The molecule has 0 aliphatic carbocycles. The maximum Gasteiger partial charge on any atom is 0.276 e. The van der Waals surface area contributed by atoms with Gasteiger partial charge in [-0.3, -0.25) is 9.89 Å². The minimum atomic E-state index is -0.0185. The molecule has 1 fully saturated rings. The second-order valence-corrected chi connectivity index (χ2v) is 4.87. The molecule has 0 spiro atoms. The number of likely N-dealkylation sites (tertiary alicyclic amines) is 1. The van der Waals surface area contributed by atoms with Crippen LogP contribution < -0.4 is 5.73 Å². The molecular weight excluding hydrogens is 228 g/mol. The molecule has 1 atom stereocenters. The maximum atomic E-state index is 12.5. The summed E-state index contributed by atoms with van der Waals surface area (Å²) in [7, 11) is 0. The van der Waals surface area contributed by atoms with Crippen LogP contribution in [0.5, 0.6) is 0 Å². The molecule has 2 heterocycles. The Balaban J connectivity index is 2.21. The van der Waals surface area contributed by atoms with Gasteiger partial charge in [0.1, 0.15) is 0 Å². The van der Waals surface area contributed by atoms with Gasteiger partial charge in [-0.1, -0.05) is 13.8 Å². The van der Waals surface area contributed by atoms with Crippen molar-refractivity contribution in [1.29, 1.82) is 0 Å². The van der Waals surface area contributed by atoms with Crippen LogP contribution in [0.1, 0.15) is 55.7 Å². The van der Waals surface area contributed by atoms with Crippen LogP contribution in [0.4, 0.5) is 5.69 Å². The predicted molar refractivity (Wildman–Crippen MR) is 71.3 cm³/mol. The van der Waals surface area contributed by atoms with Crippen LogP contribution in [0, 0.1) is 0 Å². The lowest BCUT2D eigenvalue weighted by atomic mass is 9.99. The number of nitrogens with zero attached hydrogens (tertiary/aromatic N) is 2. The number of aromatic nitrogens is 2. The van der Waals surface area contributed by atoms with Gasteiger partial charge in [-0.2, -0.15) is 5.10 Å². The fraction of sp³-hybridized carbons (Fsp3) is 0.692. The number of aromatic amines is 1. The third kappa shape index (κ3) is 2.21. The lowest BCUT2D eigenvalue weighted by Crippen LogP contribution is -2.43. The number of hydrogen-bond donors (Lipinski definition) is 2. The van der Waals surface area contributed by atoms with Crippen LogP contribution in [0.2, 0.25) is 0 Å². The monoisotopic (exact) mass is 250 g/mol. The smallest absolute Gasteiger partial charge is 0.276 e. The number of nitrogen functional groups attached to an aromatic ring is 1. The topological polar surface area (TPSA) is 75.0 Å². The van der Waals surface area contributed by atoms with Crippen molar-refractivity contribution in [2.45, 2.75) is 52.0 Å². The van der Waals surface area contributed by atoms with Gasteiger partial charge in [0.05, 0.1) is 11.4 Å². The molecule has 100 valence electrons. The summed E-state index contributed by atoms with van der Waals surface area (Å²) in [5, 5.41) is 6.94. The molecule has 1 aromatic rings. The quantitative estimate of drug-likeness (QED) is 0.861. The molecule has 3 N–H and O–H groups in total. The summed E-state index contributed by atoms with van der Waals surface area (Å²) in [6.07, 6.45) is 5.14. The predicted octanol–water partition coefficient (Wildman–Crippen LogP) is 1.96. The van der Waals surface area contributed by atoms with Crippen molar-refractivity contribution in [2.75, 3.05) is 12.3 Å². The van der Waals surface area contributed by atoms with Gasteiger partial charge in [0, 0.05) is 12.6 Å². The number of aryl methyl sites for hydroxylation is 1. The molecule has 0 saturated carbocycles. The van der Waals surface area contributed by atoms with E-state index in [4.69, 9.17) is 5.73 Å². The van der Waals surface area contributed by atoms with Crippen molar-refractivity contribution >= 4 is 11.6 Å². The Morgan fingerprint density at radius 1 is 1.50 bits per heavy atom. The SMILES string of the molecule is CCc1[nH]nc(C(=O)N2CCCCC2CC)c1N. The highest BCUT2D eigenvalue weighted by atomic mass is 16.2. The van der Waals surface area contributed by atoms with E-state index in [0.29, 0.717) is 17.4 Å². The number of nitrogens with two attached hydrogens (primary N) is 1. The molecule has 1 aliphatic heterocycles. The highest BCUT2D eigenvalue weighted by Gasteiger charge is 2.29. The van der Waals surface area contributed by atoms with Crippen molar-refractivity contribution in [3.8, 4) is 0 Å². The normalized spacial score (nSPS) is 20.1. The number of rotatable bonds is 3. The summed E-state index contributed by atoms with van der Waals surface area (Å²) in [5.41, 5.74) is 7.73. The molecule has 0 aromatic carbocycles. The number of H-pyrrole nitrogens is 1. The Kier molecular flexibility index (Phi) is 3.89. The molecule has 18 heavy (non-hydrogen) atoms. The summed E-state index contributed by atoms with van der Waals surface area (Å²) >= 11 is 0. The van der Waals surface area contributed by atoms with Gasteiger partial charge >= 0.3 is 0 Å². The second-order valence-electron chi connectivity index (χ2n) is 4.87. The lowest BCUT2D eigenvalue weighted by Gasteiger charge is -2.34. The van der Waals surface area contributed by atoms with Crippen molar-refractivity contribution in [2.24, 2.45) is 0 Å². The average molecular weight is 250 g/mol. The first-order valence-electron chi connectivity index (χ1n) is 6.82. The number of nitrogens with one attached hydrogen (secondary N) is 1. The molecule has 5 heteroatoms. The van der Waals surface area contributed by atoms with E-state index >= 15 is 0 Å². The minimum absolute atomic E-state index is 0.0185. The van der Waals surface area contributed by atoms with Crippen molar-refractivity contribution in [1.82, 2.24) is 15.1 Å². The second kappa shape index (κ2) is 5.42. The summed E-state index contributed by atoms with van der Waals surface area (Å²) in [6.45, 7) is 4.95. The molecule has 1 aromatic heterocycles. The first-order valence-corrected chi connectivity index (χ1v) is 6.82. The summed E-state index contributed by atoms with van der Waals surface area (Å²) in [4.78, 5) is 14.4. The summed E-state index contributed by atoms with van der Waals surface area (Å²) < 4.78 is 0. The van der Waals surface area contributed by atoms with E-state index in [1.165, 1.54) is 6.42 Å². The van der Waals surface area contributed by atoms with Gasteiger partial charge in [0.25, 0.3) is 5.91 Å². The van der Waals surface area contributed by atoms with Crippen molar-refractivity contribution in [3.63, 3.8) is 0 Å². The molecule has 1 aliphatic rings. The third-order valence-electron chi connectivity index (χ3n) is 3.80. The Morgan fingerprint density at radius 3 is 2.89 bits per heavy atom. The summed E-state index contributed by atoms with van der Waals surface area (Å²) in [5.74, 6) is -0.0185. The van der Waals surface area contributed by atoms with E-state index in [0.717, 1.165) is 37.9 Å².